The Bertz CT molecular complexity index is 292. The number of nitrogens with two attached hydrogens (primary N) is 1. The topological polar surface area (TPSA) is 66.6 Å². The molecule has 0 fully saturated rings. The van der Waals surface area contributed by atoms with Crippen LogP contribution in [-0.4, -0.2) is 47.8 Å². The van der Waals surface area contributed by atoms with E-state index in [1.807, 2.05) is 27.7 Å². The van der Waals surface area contributed by atoms with Gasteiger partial charge in [0.1, 0.15) is 5.70 Å². The fourth-order valence-corrected chi connectivity index (χ4v) is 1.51. The number of hydrogen-bond donors (Lipinski definition) is 1. The molecule has 98 valence electrons. The van der Waals surface area contributed by atoms with E-state index in [1.165, 1.54) is 6.08 Å². The number of carbonyl (C=O) groups is 2. The summed E-state index contributed by atoms with van der Waals surface area (Å²) in [5.41, 5.74) is 5.64. The van der Waals surface area contributed by atoms with Gasteiger partial charge in [-0.05, 0) is 27.7 Å². The van der Waals surface area contributed by atoms with Gasteiger partial charge in [0, 0.05) is 32.3 Å². The molecule has 5 heteroatoms. The van der Waals surface area contributed by atoms with Crippen molar-refractivity contribution in [2.24, 2.45) is 5.73 Å². The molecule has 0 atom stereocenters. The summed E-state index contributed by atoms with van der Waals surface area (Å²) in [6, 6.07) is 0. The minimum absolute atomic E-state index is 0.00519. The molecule has 5 nitrogen and oxygen atoms in total. The number of carbonyl (C=O) groups excluding carboxylic acids is 2. The van der Waals surface area contributed by atoms with Gasteiger partial charge in [-0.15, -0.1) is 0 Å². The van der Waals surface area contributed by atoms with Crippen molar-refractivity contribution in [2.75, 3.05) is 26.2 Å². The fraction of sp³-hybridized carbons (Fsp3) is 0.667. The van der Waals surface area contributed by atoms with Gasteiger partial charge in [0.05, 0.1) is 0 Å². The molecule has 0 aliphatic carbocycles. The summed E-state index contributed by atoms with van der Waals surface area (Å²) in [7, 11) is 0. The van der Waals surface area contributed by atoms with E-state index in [2.05, 4.69) is 0 Å². The van der Waals surface area contributed by atoms with E-state index in [-0.39, 0.29) is 17.5 Å². The monoisotopic (exact) mass is 241 g/mol. The molecule has 2 N–H and O–H groups in total. The number of amides is 2. The molecule has 0 bridgehead atoms. The van der Waals surface area contributed by atoms with Crippen molar-refractivity contribution in [1.29, 1.82) is 0 Å². The molecule has 17 heavy (non-hydrogen) atoms. The summed E-state index contributed by atoms with van der Waals surface area (Å²) < 4.78 is 0. The van der Waals surface area contributed by atoms with Crippen molar-refractivity contribution in [1.82, 2.24) is 9.80 Å². The third-order valence-corrected chi connectivity index (χ3v) is 2.65. The van der Waals surface area contributed by atoms with Gasteiger partial charge < -0.3 is 15.5 Å². The lowest BCUT2D eigenvalue weighted by Crippen LogP contribution is -2.36. The van der Waals surface area contributed by atoms with E-state index in [0.29, 0.717) is 26.2 Å². The van der Waals surface area contributed by atoms with Crippen molar-refractivity contribution in [3.05, 3.63) is 11.8 Å². The first-order chi connectivity index (χ1) is 8.01. The molecule has 0 saturated carbocycles. The highest BCUT2D eigenvalue weighted by Crippen LogP contribution is 1.98. The number of likely N-dealkylation sites (N-methyl/N-ethyl adjacent to an activating group) is 2. The Morgan fingerprint density at radius 3 is 1.71 bits per heavy atom. The van der Waals surface area contributed by atoms with Gasteiger partial charge >= 0.3 is 0 Å². The molecule has 0 rings (SSSR count). The number of hydrogen-bond acceptors (Lipinski definition) is 3. The van der Waals surface area contributed by atoms with Gasteiger partial charge in [0.15, 0.2) is 0 Å². The summed E-state index contributed by atoms with van der Waals surface area (Å²) in [4.78, 5) is 26.7. The predicted octanol–water partition coefficient (Wildman–Crippen LogP) is 0.566. The normalized spacial score (nSPS) is 11.2. The zero-order valence-corrected chi connectivity index (χ0v) is 11.2. The maximum absolute atomic E-state index is 11.8. The van der Waals surface area contributed by atoms with Gasteiger partial charge in [0.2, 0.25) is 5.91 Å². The first-order valence-electron chi connectivity index (χ1n) is 6.06. The van der Waals surface area contributed by atoms with Gasteiger partial charge in [-0.2, -0.15) is 0 Å². The third kappa shape index (κ3) is 4.46. The Hall–Kier alpha value is -1.52. The second-order valence-corrected chi connectivity index (χ2v) is 3.59. The van der Waals surface area contributed by atoms with Crippen LogP contribution in [0.1, 0.15) is 27.7 Å². The Labute approximate surface area is 103 Å². The molecular weight excluding hydrogens is 218 g/mol. The molecule has 0 aromatic heterocycles. The average molecular weight is 241 g/mol. The number of rotatable bonds is 6. The Morgan fingerprint density at radius 1 is 0.941 bits per heavy atom. The Kier molecular flexibility index (Phi) is 7.02. The van der Waals surface area contributed by atoms with Gasteiger partial charge in [0.25, 0.3) is 5.91 Å². The first kappa shape index (κ1) is 15.5. The maximum atomic E-state index is 11.8. The lowest BCUT2D eigenvalue weighted by molar-refractivity contribution is -0.128. The van der Waals surface area contributed by atoms with E-state index in [0.717, 1.165) is 0 Å². The van der Waals surface area contributed by atoms with Gasteiger partial charge in [-0.25, -0.2) is 0 Å². The van der Waals surface area contributed by atoms with Crippen molar-refractivity contribution < 1.29 is 9.59 Å². The second-order valence-electron chi connectivity index (χ2n) is 3.59. The highest BCUT2D eigenvalue weighted by atomic mass is 16.2. The summed E-state index contributed by atoms with van der Waals surface area (Å²) >= 11 is 0. The fourth-order valence-electron chi connectivity index (χ4n) is 1.51. The van der Waals surface area contributed by atoms with Crippen molar-refractivity contribution in [3.63, 3.8) is 0 Å². The zero-order chi connectivity index (χ0) is 13.4. The van der Waals surface area contributed by atoms with E-state index < -0.39 is 0 Å². The largest absolute Gasteiger partial charge is 0.394 e. The van der Waals surface area contributed by atoms with Crippen LogP contribution < -0.4 is 5.73 Å². The van der Waals surface area contributed by atoms with Crippen molar-refractivity contribution in [3.8, 4) is 0 Å². The maximum Gasteiger partial charge on any atom is 0.269 e. The Morgan fingerprint density at radius 2 is 1.35 bits per heavy atom. The molecule has 0 aromatic rings. The lowest BCUT2D eigenvalue weighted by Gasteiger charge is -2.20. The minimum atomic E-state index is -0.282. The van der Waals surface area contributed by atoms with E-state index in [1.54, 1.807) is 9.80 Å². The number of nitrogens with zero attached hydrogens (tertiary/aromatic N) is 2. The van der Waals surface area contributed by atoms with Crippen molar-refractivity contribution in [2.45, 2.75) is 27.7 Å². The smallest absolute Gasteiger partial charge is 0.269 e. The highest BCUT2D eigenvalue weighted by Gasteiger charge is 2.15. The van der Waals surface area contributed by atoms with Crippen LogP contribution >= 0.6 is 0 Å². The summed E-state index contributed by atoms with van der Waals surface area (Å²) in [5.74, 6) is -0.497. The highest BCUT2D eigenvalue weighted by molar-refractivity contribution is 6.00. The van der Waals surface area contributed by atoms with Crippen LogP contribution in [0.15, 0.2) is 11.8 Å². The molecule has 0 unspecified atom stereocenters. The van der Waals surface area contributed by atoms with Gasteiger partial charge in [-0.3, -0.25) is 9.59 Å². The Balaban J connectivity index is 4.73. The van der Waals surface area contributed by atoms with Crippen LogP contribution in [0.2, 0.25) is 0 Å². The lowest BCUT2D eigenvalue weighted by atomic mass is 10.3. The molecule has 0 spiro atoms. The van der Waals surface area contributed by atoms with E-state index >= 15 is 0 Å². The van der Waals surface area contributed by atoms with E-state index in [9.17, 15) is 9.59 Å². The van der Waals surface area contributed by atoms with Gasteiger partial charge in [-0.1, -0.05) is 0 Å². The van der Waals surface area contributed by atoms with Crippen LogP contribution in [-0.2, 0) is 9.59 Å². The second kappa shape index (κ2) is 7.70. The SMILES string of the molecule is CCN(CC)C(=O)/C=C(/N)C(=O)N(CC)CC. The summed E-state index contributed by atoms with van der Waals surface area (Å²) in [6.45, 7) is 9.92. The molecular formula is C12H23N3O2. The molecule has 0 saturated heterocycles. The van der Waals surface area contributed by atoms with E-state index in [4.69, 9.17) is 5.73 Å². The zero-order valence-electron chi connectivity index (χ0n) is 11.2. The summed E-state index contributed by atoms with van der Waals surface area (Å²) in [5, 5.41) is 0. The van der Waals surface area contributed by atoms with Crippen LogP contribution in [0.4, 0.5) is 0 Å². The molecule has 0 heterocycles. The molecule has 0 aliphatic rings. The molecule has 0 aliphatic heterocycles. The van der Waals surface area contributed by atoms with Crippen LogP contribution in [0.3, 0.4) is 0 Å². The molecule has 2 amide bonds. The third-order valence-electron chi connectivity index (χ3n) is 2.65. The first-order valence-corrected chi connectivity index (χ1v) is 6.06. The van der Waals surface area contributed by atoms with Crippen molar-refractivity contribution >= 4 is 11.8 Å². The minimum Gasteiger partial charge on any atom is -0.394 e. The molecule has 0 radical (unpaired) electrons. The average Bonchev–Trinajstić information content (AvgIpc) is 2.31. The quantitative estimate of drug-likeness (QED) is 0.691. The van der Waals surface area contributed by atoms with Crippen LogP contribution in [0.5, 0.6) is 0 Å². The summed E-state index contributed by atoms with van der Waals surface area (Å²) in [6.07, 6.45) is 1.22. The van der Waals surface area contributed by atoms with Crippen LogP contribution in [0.25, 0.3) is 0 Å². The predicted molar refractivity (Wildman–Crippen MR) is 68.1 cm³/mol. The standard InChI is InChI=1S/C12H23N3O2/c1-5-14(6-2)11(16)9-10(13)12(17)15(7-3)8-4/h9H,5-8,13H2,1-4H3/b10-9+. The molecule has 0 aromatic carbocycles. The van der Waals surface area contributed by atoms with Crippen LogP contribution in [0, 0.1) is 0 Å².